The molecule has 0 spiro atoms. The van der Waals surface area contributed by atoms with E-state index in [1.165, 1.54) is 180 Å². The van der Waals surface area contributed by atoms with Crippen LogP contribution in [0.4, 0.5) is 0 Å². The first kappa shape index (κ1) is 40.3. The summed E-state index contributed by atoms with van der Waals surface area (Å²) in [5.41, 5.74) is 0. The molecule has 0 aromatic carbocycles. The van der Waals surface area contributed by atoms with E-state index in [-0.39, 0.29) is 0 Å². The Bertz CT molecular complexity index is 412. The lowest BCUT2D eigenvalue weighted by Gasteiger charge is -2.05. The highest BCUT2D eigenvalue weighted by Gasteiger charge is 1.95. The highest BCUT2D eigenvalue weighted by Crippen LogP contribution is 2.12. The van der Waals surface area contributed by atoms with Crippen molar-refractivity contribution >= 4 is 0 Å². The van der Waals surface area contributed by atoms with Crippen LogP contribution in [0.2, 0.25) is 0 Å². The molecule has 0 unspecified atom stereocenters. The predicted molar refractivity (Wildman–Crippen MR) is 181 cm³/mol. The number of ether oxygens (including phenoxy) is 1. The second-order valence-corrected chi connectivity index (χ2v) is 11.5. The van der Waals surface area contributed by atoms with Gasteiger partial charge < -0.3 is 4.74 Å². The average molecular weight is 547 g/mol. The van der Waals surface area contributed by atoms with Crippen LogP contribution in [0.5, 0.6) is 0 Å². The molecule has 0 fully saturated rings. The van der Waals surface area contributed by atoms with E-state index in [1.54, 1.807) is 0 Å². The van der Waals surface area contributed by atoms with Crippen molar-refractivity contribution in [1.29, 1.82) is 0 Å². The van der Waals surface area contributed by atoms with Crippen LogP contribution in [0.15, 0.2) is 37.5 Å². The summed E-state index contributed by atoms with van der Waals surface area (Å²) in [4.78, 5) is 0. The van der Waals surface area contributed by atoms with Gasteiger partial charge in [0.1, 0.15) is 0 Å². The lowest BCUT2D eigenvalue weighted by atomic mass is 10.1. The molecule has 1 nitrogen and oxygen atoms in total. The number of hydrogen-bond donors (Lipinski definition) is 0. The van der Waals surface area contributed by atoms with E-state index in [9.17, 15) is 0 Å². The normalized spacial score (nSPS) is 11.4. The molecule has 0 aliphatic carbocycles. The van der Waals surface area contributed by atoms with E-state index in [4.69, 9.17) is 4.74 Å². The summed E-state index contributed by atoms with van der Waals surface area (Å²) >= 11 is 0. The summed E-state index contributed by atoms with van der Waals surface area (Å²) in [5, 5.41) is 0. The van der Waals surface area contributed by atoms with Crippen LogP contribution in [-0.2, 0) is 4.74 Å². The molecule has 0 heterocycles. The average Bonchev–Trinajstić information content (AvgIpc) is 2.96. The molecule has 0 aromatic heterocycles. The van der Waals surface area contributed by atoms with Crippen molar-refractivity contribution in [2.45, 2.75) is 194 Å². The van der Waals surface area contributed by atoms with Gasteiger partial charge in [-0.1, -0.05) is 154 Å². The Kier molecular flexibility index (Phi) is 43.1. The molecule has 0 N–H and O–H groups in total. The Morgan fingerprint density at radius 2 is 0.564 bits per heavy atom. The summed E-state index contributed by atoms with van der Waals surface area (Å²) < 4.78 is 5.85. The molecule has 1 heteroatoms. The molecule has 0 aliphatic heterocycles. The number of unbranched alkanes of at least 4 members (excludes halogenated alkanes) is 24. The maximum atomic E-state index is 5.85. The molecule has 0 saturated heterocycles. The van der Waals surface area contributed by atoms with Crippen LogP contribution >= 0.6 is 0 Å². The first-order valence-electron chi connectivity index (χ1n) is 17.8. The second kappa shape index (κ2) is 41.7. The zero-order valence-corrected chi connectivity index (χ0v) is 27.3. The minimum atomic E-state index is 0.978. The van der Waals surface area contributed by atoms with Gasteiger partial charge in [-0.3, -0.25) is 0 Å². The fraction of sp³-hybridized carbons (Fsp3) is 0.842. The van der Waals surface area contributed by atoms with Crippen LogP contribution in [0.25, 0.3) is 0 Å². The van der Waals surface area contributed by atoms with Crippen LogP contribution in [0, 0.1) is 0 Å². The standard InChI is InChI=1S/C36H70O.C2H4/c1-3-5-7-9-11-13-15-17-19-21-23-25-27-29-31-33-35-37-36-34-32-30-28-26-24-22-20-18-16-14-12-10-8-6-4-2;1-2/h17-20H,3-16,21-36H2,1-2H3;1-2H2/b19-17-,20-18-;. The number of hydrogen-bond acceptors (Lipinski definition) is 1. The SMILES string of the molecule is C=C.CCCCCCCC/C=C\CCCCCCCCOCCCCCCCC/C=C\CCCCCCCC. The van der Waals surface area contributed by atoms with E-state index >= 15 is 0 Å². The monoisotopic (exact) mass is 547 g/mol. The Hall–Kier alpha value is -0.820. The van der Waals surface area contributed by atoms with Gasteiger partial charge in [0.25, 0.3) is 0 Å². The molecule has 0 bridgehead atoms. The first-order chi connectivity index (χ1) is 19.4. The Morgan fingerprint density at radius 1 is 0.333 bits per heavy atom. The van der Waals surface area contributed by atoms with Gasteiger partial charge in [-0.25, -0.2) is 0 Å². The Balaban J connectivity index is 0. The molecule has 39 heavy (non-hydrogen) atoms. The number of allylic oxidation sites excluding steroid dienone is 4. The summed E-state index contributed by atoms with van der Waals surface area (Å²) in [6, 6.07) is 0. The van der Waals surface area contributed by atoms with Gasteiger partial charge in [-0.15, -0.1) is 13.2 Å². The Labute approximate surface area is 248 Å². The molecule has 0 rings (SSSR count). The van der Waals surface area contributed by atoms with Crippen LogP contribution < -0.4 is 0 Å². The summed E-state index contributed by atoms with van der Waals surface area (Å²) in [5.74, 6) is 0. The molecule has 232 valence electrons. The lowest BCUT2D eigenvalue weighted by molar-refractivity contribution is 0.125. The van der Waals surface area contributed by atoms with Gasteiger partial charge in [0, 0.05) is 13.2 Å². The van der Waals surface area contributed by atoms with E-state index < -0.39 is 0 Å². The van der Waals surface area contributed by atoms with Crippen molar-refractivity contribution in [2.24, 2.45) is 0 Å². The van der Waals surface area contributed by atoms with Gasteiger partial charge in [0.05, 0.1) is 0 Å². The van der Waals surface area contributed by atoms with E-state index in [2.05, 4.69) is 51.3 Å². The molecule has 0 aromatic rings. The molecular weight excluding hydrogens is 472 g/mol. The fourth-order valence-electron chi connectivity index (χ4n) is 5.01. The van der Waals surface area contributed by atoms with Crippen LogP contribution in [0.1, 0.15) is 194 Å². The van der Waals surface area contributed by atoms with Crippen molar-refractivity contribution < 1.29 is 4.74 Å². The topological polar surface area (TPSA) is 9.23 Å². The summed E-state index contributed by atoms with van der Waals surface area (Å²) in [6.07, 6.45) is 48.1. The molecular formula is C38H74O. The van der Waals surface area contributed by atoms with Gasteiger partial charge >= 0.3 is 0 Å². The van der Waals surface area contributed by atoms with Crippen molar-refractivity contribution in [3.63, 3.8) is 0 Å². The van der Waals surface area contributed by atoms with E-state index in [1.807, 2.05) is 0 Å². The number of rotatable bonds is 32. The zero-order chi connectivity index (χ0) is 28.7. The predicted octanol–water partition coefficient (Wildman–Crippen LogP) is 13.9. The molecule has 0 atom stereocenters. The lowest BCUT2D eigenvalue weighted by Crippen LogP contribution is -1.97. The largest absolute Gasteiger partial charge is 0.381 e. The highest BCUT2D eigenvalue weighted by molar-refractivity contribution is 4.82. The van der Waals surface area contributed by atoms with Gasteiger partial charge in [0.15, 0.2) is 0 Å². The van der Waals surface area contributed by atoms with Gasteiger partial charge in [-0.2, -0.15) is 0 Å². The van der Waals surface area contributed by atoms with Crippen molar-refractivity contribution in [3.8, 4) is 0 Å². The third-order valence-corrected chi connectivity index (χ3v) is 7.60. The third kappa shape index (κ3) is 41.8. The second-order valence-electron chi connectivity index (χ2n) is 11.5. The van der Waals surface area contributed by atoms with E-state index in [0.717, 1.165) is 13.2 Å². The first-order valence-corrected chi connectivity index (χ1v) is 17.8. The van der Waals surface area contributed by atoms with Crippen molar-refractivity contribution in [1.82, 2.24) is 0 Å². The van der Waals surface area contributed by atoms with Gasteiger partial charge in [0.2, 0.25) is 0 Å². The minimum absolute atomic E-state index is 0.978. The van der Waals surface area contributed by atoms with Gasteiger partial charge in [-0.05, 0) is 64.2 Å². The molecule has 0 radical (unpaired) electrons. The van der Waals surface area contributed by atoms with E-state index in [0.29, 0.717) is 0 Å². The minimum Gasteiger partial charge on any atom is -0.381 e. The summed E-state index contributed by atoms with van der Waals surface area (Å²) in [7, 11) is 0. The fourth-order valence-corrected chi connectivity index (χ4v) is 5.01. The highest BCUT2D eigenvalue weighted by atomic mass is 16.5. The van der Waals surface area contributed by atoms with Crippen LogP contribution in [-0.4, -0.2) is 13.2 Å². The Morgan fingerprint density at radius 3 is 0.846 bits per heavy atom. The van der Waals surface area contributed by atoms with Crippen molar-refractivity contribution in [2.75, 3.05) is 13.2 Å². The quantitative estimate of drug-likeness (QED) is 0.0602. The molecule has 0 saturated carbocycles. The third-order valence-electron chi connectivity index (χ3n) is 7.60. The van der Waals surface area contributed by atoms with Crippen LogP contribution in [0.3, 0.4) is 0 Å². The smallest absolute Gasteiger partial charge is 0.0466 e. The molecule has 0 amide bonds. The van der Waals surface area contributed by atoms with Crippen molar-refractivity contribution in [3.05, 3.63) is 37.5 Å². The maximum Gasteiger partial charge on any atom is 0.0466 e. The maximum absolute atomic E-state index is 5.85. The summed E-state index contributed by atoms with van der Waals surface area (Å²) in [6.45, 7) is 12.5. The molecule has 0 aliphatic rings. The zero-order valence-electron chi connectivity index (χ0n) is 27.3.